The molecule has 0 spiro atoms. The first-order valence-corrected chi connectivity index (χ1v) is 8.39. The van der Waals surface area contributed by atoms with Crippen molar-refractivity contribution < 1.29 is 17.6 Å². The van der Waals surface area contributed by atoms with Crippen molar-refractivity contribution in [2.75, 3.05) is 13.2 Å². The Bertz CT molecular complexity index is 671. The Morgan fingerprint density at radius 3 is 2.62 bits per heavy atom. The first kappa shape index (κ1) is 14.3. The van der Waals surface area contributed by atoms with Gasteiger partial charge < -0.3 is 9.15 Å². The summed E-state index contributed by atoms with van der Waals surface area (Å²) in [5.41, 5.74) is 0.845. The minimum atomic E-state index is -3.49. The number of hydrogen-bond acceptors (Lipinski definition) is 4. The molecule has 0 aliphatic carbocycles. The first-order chi connectivity index (χ1) is 10.1. The number of nitrogens with one attached hydrogen (secondary N) is 1. The summed E-state index contributed by atoms with van der Waals surface area (Å²) < 4.78 is 37.7. The normalized spacial score (nSPS) is 19.0. The summed E-state index contributed by atoms with van der Waals surface area (Å²) in [5, 5.41) is 0. The van der Waals surface area contributed by atoms with Gasteiger partial charge in [-0.1, -0.05) is 0 Å². The fourth-order valence-electron chi connectivity index (χ4n) is 2.33. The van der Waals surface area contributed by atoms with Crippen LogP contribution >= 0.6 is 0 Å². The smallest absolute Gasteiger partial charge is 0.240 e. The molecule has 1 saturated heterocycles. The predicted octanol–water partition coefficient (Wildman–Crippen LogP) is 2.40. The minimum absolute atomic E-state index is 0.0119. The third-order valence-corrected chi connectivity index (χ3v) is 4.93. The van der Waals surface area contributed by atoms with Gasteiger partial charge in [0.1, 0.15) is 5.76 Å². The highest BCUT2D eigenvalue weighted by molar-refractivity contribution is 7.89. The molecule has 21 heavy (non-hydrogen) atoms. The second kappa shape index (κ2) is 6.01. The molecule has 0 bridgehead atoms. The molecule has 1 fully saturated rings. The summed E-state index contributed by atoms with van der Waals surface area (Å²) in [6.45, 7) is 1.03. The third-order valence-electron chi connectivity index (χ3n) is 3.50. The number of sulfonamides is 1. The van der Waals surface area contributed by atoms with E-state index in [1.54, 1.807) is 36.6 Å². The van der Waals surface area contributed by atoms with Crippen LogP contribution < -0.4 is 4.72 Å². The van der Waals surface area contributed by atoms with E-state index in [0.29, 0.717) is 18.9 Å². The molecule has 0 saturated carbocycles. The molecule has 3 rings (SSSR count). The Kier molecular flexibility index (Phi) is 4.10. The van der Waals surface area contributed by atoms with Crippen LogP contribution in [0.1, 0.15) is 12.8 Å². The van der Waals surface area contributed by atoms with Gasteiger partial charge in [-0.05, 0) is 49.2 Å². The standard InChI is InChI=1S/C15H17NO4S/c17-21(18,16-11-13-3-1-9-19-13)14-7-5-12(6-8-14)15-4-2-10-20-15/h2,4-8,10,13,16H,1,3,9,11H2. The van der Waals surface area contributed by atoms with Gasteiger partial charge in [0.15, 0.2) is 0 Å². The summed E-state index contributed by atoms with van der Waals surface area (Å²) in [6, 6.07) is 10.3. The maximum Gasteiger partial charge on any atom is 0.240 e. The fourth-order valence-corrected chi connectivity index (χ4v) is 3.40. The van der Waals surface area contributed by atoms with E-state index in [4.69, 9.17) is 9.15 Å². The van der Waals surface area contributed by atoms with E-state index in [2.05, 4.69) is 4.72 Å². The molecule has 2 aromatic rings. The van der Waals surface area contributed by atoms with Crippen LogP contribution in [0.2, 0.25) is 0 Å². The molecule has 1 N–H and O–H groups in total. The van der Waals surface area contributed by atoms with Crippen LogP contribution in [0.25, 0.3) is 11.3 Å². The summed E-state index contributed by atoms with van der Waals surface area (Å²) in [7, 11) is -3.49. The summed E-state index contributed by atoms with van der Waals surface area (Å²) >= 11 is 0. The number of furan rings is 1. The highest BCUT2D eigenvalue weighted by atomic mass is 32.2. The lowest BCUT2D eigenvalue weighted by Gasteiger charge is -2.11. The highest BCUT2D eigenvalue weighted by Crippen LogP contribution is 2.21. The number of hydrogen-bond donors (Lipinski definition) is 1. The topological polar surface area (TPSA) is 68.5 Å². The van der Waals surface area contributed by atoms with Crippen molar-refractivity contribution in [2.45, 2.75) is 23.8 Å². The van der Waals surface area contributed by atoms with Crippen molar-refractivity contribution in [1.82, 2.24) is 4.72 Å². The van der Waals surface area contributed by atoms with E-state index in [-0.39, 0.29) is 11.0 Å². The van der Waals surface area contributed by atoms with Crippen molar-refractivity contribution in [3.05, 3.63) is 42.7 Å². The Morgan fingerprint density at radius 1 is 1.19 bits per heavy atom. The van der Waals surface area contributed by atoms with Crippen molar-refractivity contribution in [3.63, 3.8) is 0 Å². The maximum absolute atomic E-state index is 12.2. The lowest BCUT2D eigenvalue weighted by Crippen LogP contribution is -2.31. The lowest BCUT2D eigenvalue weighted by atomic mass is 10.2. The Hall–Kier alpha value is -1.63. The Balaban J connectivity index is 1.70. The molecule has 1 aliphatic rings. The van der Waals surface area contributed by atoms with E-state index >= 15 is 0 Å². The zero-order valence-electron chi connectivity index (χ0n) is 11.5. The summed E-state index contributed by atoms with van der Waals surface area (Å²) in [4.78, 5) is 0.246. The van der Waals surface area contributed by atoms with Gasteiger partial charge >= 0.3 is 0 Å². The van der Waals surface area contributed by atoms with Crippen LogP contribution in [0.4, 0.5) is 0 Å². The molecule has 1 aromatic heterocycles. The van der Waals surface area contributed by atoms with E-state index in [1.807, 2.05) is 6.07 Å². The quantitative estimate of drug-likeness (QED) is 0.921. The molecule has 5 nitrogen and oxygen atoms in total. The fraction of sp³-hybridized carbons (Fsp3) is 0.333. The van der Waals surface area contributed by atoms with Crippen LogP contribution in [-0.2, 0) is 14.8 Å². The molecule has 1 unspecified atom stereocenters. The van der Waals surface area contributed by atoms with E-state index in [0.717, 1.165) is 18.4 Å². The first-order valence-electron chi connectivity index (χ1n) is 6.90. The van der Waals surface area contributed by atoms with Crippen LogP contribution in [0.3, 0.4) is 0 Å². The molecule has 112 valence electrons. The SMILES string of the molecule is O=S(=O)(NCC1CCCO1)c1ccc(-c2ccco2)cc1. The number of ether oxygens (including phenoxy) is 1. The van der Waals surface area contributed by atoms with Gasteiger partial charge in [-0.3, -0.25) is 0 Å². The van der Waals surface area contributed by atoms with Crippen molar-refractivity contribution in [3.8, 4) is 11.3 Å². The van der Waals surface area contributed by atoms with Gasteiger partial charge in [-0.15, -0.1) is 0 Å². The van der Waals surface area contributed by atoms with Gasteiger partial charge in [-0.2, -0.15) is 0 Å². The van der Waals surface area contributed by atoms with Gasteiger partial charge in [0, 0.05) is 18.7 Å². The summed E-state index contributed by atoms with van der Waals surface area (Å²) in [6.07, 6.45) is 3.47. The highest BCUT2D eigenvalue weighted by Gasteiger charge is 2.20. The van der Waals surface area contributed by atoms with Crippen LogP contribution in [-0.4, -0.2) is 27.7 Å². The molecule has 2 heterocycles. The van der Waals surface area contributed by atoms with E-state index in [9.17, 15) is 8.42 Å². The maximum atomic E-state index is 12.2. The van der Waals surface area contributed by atoms with Gasteiger partial charge in [0.25, 0.3) is 0 Å². The van der Waals surface area contributed by atoms with Crippen LogP contribution in [0.15, 0.2) is 52.0 Å². The second-order valence-electron chi connectivity index (χ2n) is 4.99. The third kappa shape index (κ3) is 3.34. The molecule has 1 atom stereocenters. The summed E-state index contributed by atoms with van der Waals surface area (Å²) in [5.74, 6) is 0.714. The van der Waals surface area contributed by atoms with Crippen molar-refractivity contribution in [1.29, 1.82) is 0 Å². The second-order valence-corrected chi connectivity index (χ2v) is 6.76. The molecule has 0 radical (unpaired) electrons. The average Bonchev–Trinajstić information content (AvgIpc) is 3.19. The van der Waals surface area contributed by atoms with Gasteiger partial charge in [0.05, 0.1) is 17.3 Å². The molecular formula is C15H17NO4S. The van der Waals surface area contributed by atoms with Crippen LogP contribution in [0.5, 0.6) is 0 Å². The molecule has 6 heteroatoms. The molecule has 1 aromatic carbocycles. The average molecular weight is 307 g/mol. The number of rotatable bonds is 5. The zero-order valence-corrected chi connectivity index (χ0v) is 12.3. The van der Waals surface area contributed by atoms with Crippen LogP contribution in [0, 0.1) is 0 Å². The minimum Gasteiger partial charge on any atom is -0.464 e. The van der Waals surface area contributed by atoms with E-state index in [1.165, 1.54) is 0 Å². The van der Waals surface area contributed by atoms with Gasteiger partial charge in [-0.25, -0.2) is 13.1 Å². The molecule has 1 aliphatic heterocycles. The largest absolute Gasteiger partial charge is 0.464 e. The van der Waals surface area contributed by atoms with Crippen molar-refractivity contribution in [2.24, 2.45) is 0 Å². The van der Waals surface area contributed by atoms with Crippen molar-refractivity contribution >= 4 is 10.0 Å². The molecular weight excluding hydrogens is 290 g/mol. The van der Waals surface area contributed by atoms with E-state index < -0.39 is 10.0 Å². The molecule has 0 amide bonds. The lowest BCUT2D eigenvalue weighted by molar-refractivity contribution is 0.114. The predicted molar refractivity (Wildman–Crippen MR) is 78.3 cm³/mol. The Labute approximate surface area is 124 Å². The van der Waals surface area contributed by atoms with Gasteiger partial charge in [0.2, 0.25) is 10.0 Å². The Morgan fingerprint density at radius 2 is 2.00 bits per heavy atom. The number of benzene rings is 1. The zero-order chi connectivity index (χ0) is 14.7. The monoisotopic (exact) mass is 307 g/mol.